The summed E-state index contributed by atoms with van der Waals surface area (Å²) >= 11 is 0. The summed E-state index contributed by atoms with van der Waals surface area (Å²) in [5, 5.41) is 21.4. The van der Waals surface area contributed by atoms with Crippen molar-refractivity contribution in [2.45, 2.75) is 0 Å². The second-order valence-corrected chi connectivity index (χ2v) is 17.3. The predicted octanol–water partition coefficient (Wildman–Crippen LogP) is 15.4. The standard InChI is InChI=1S/C64H39N7/c65-40-42-21-25-44(26-22-42)50-29-32-53-54-33-30-51(45-27-23-43(41-66)24-28-45)37-62(54)71(61(53)36-50)60-34-31-52(59-39-56(46-13-5-1-6-14-46)67-63(68-59)49-19-11-4-12-20-49)35-55(60)64-69-57(47-15-7-2-8-16-47)38-58(70-64)48-17-9-3-10-18-48/h1-39H. The quantitative estimate of drug-likeness (QED) is 0.143. The van der Waals surface area contributed by atoms with Gasteiger partial charge in [0, 0.05) is 44.2 Å². The molecule has 0 saturated carbocycles. The van der Waals surface area contributed by atoms with Crippen LogP contribution in [0.15, 0.2) is 237 Å². The second-order valence-electron chi connectivity index (χ2n) is 17.3. The Balaban J connectivity index is 1.17. The lowest BCUT2D eigenvalue weighted by Crippen LogP contribution is -2.03. The molecule has 7 nitrogen and oxygen atoms in total. The maximum absolute atomic E-state index is 9.64. The molecule has 0 unspecified atom stereocenters. The van der Waals surface area contributed by atoms with E-state index in [9.17, 15) is 10.5 Å². The van der Waals surface area contributed by atoms with Crippen LogP contribution in [0.25, 0.3) is 118 Å². The third kappa shape index (κ3) is 8.16. The average molecular weight is 906 g/mol. The zero-order chi connectivity index (χ0) is 47.7. The highest BCUT2D eigenvalue weighted by Crippen LogP contribution is 2.42. The minimum absolute atomic E-state index is 0.546. The summed E-state index contributed by atoms with van der Waals surface area (Å²) in [5.74, 6) is 1.17. The van der Waals surface area contributed by atoms with Gasteiger partial charge in [-0.05, 0) is 82.9 Å². The maximum atomic E-state index is 9.64. The predicted molar refractivity (Wildman–Crippen MR) is 285 cm³/mol. The number of hydrogen-bond acceptors (Lipinski definition) is 6. The van der Waals surface area contributed by atoms with Gasteiger partial charge in [0.15, 0.2) is 11.6 Å². The largest absolute Gasteiger partial charge is 0.308 e. The Morgan fingerprint density at radius 1 is 0.296 bits per heavy atom. The monoisotopic (exact) mass is 905 g/mol. The molecule has 0 spiro atoms. The van der Waals surface area contributed by atoms with Gasteiger partial charge in [-0.25, -0.2) is 19.9 Å². The first kappa shape index (κ1) is 42.3. The number of rotatable bonds is 9. The van der Waals surface area contributed by atoms with Gasteiger partial charge in [-0.1, -0.05) is 176 Å². The molecule has 0 atom stereocenters. The maximum Gasteiger partial charge on any atom is 0.162 e. The molecule has 12 rings (SSSR count). The smallest absolute Gasteiger partial charge is 0.162 e. The first-order chi connectivity index (χ1) is 35.1. The van der Waals surface area contributed by atoms with Crippen molar-refractivity contribution in [1.29, 1.82) is 10.5 Å². The molecule has 0 saturated heterocycles. The van der Waals surface area contributed by atoms with E-state index in [1.807, 2.05) is 133 Å². The van der Waals surface area contributed by atoms with E-state index >= 15 is 0 Å². The Labute approximate surface area is 410 Å². The molecule has 0 radical (unpaired) electrons. The van der Waals surface area contributed by atoms with Gasteiger partial charge in [-0.3, -0.25) is 0 Å². The van der Waals surface area contributed by atoms with Crippen molar-refractivity contribution in [3.63, 3.8) is 0 Å². The summed E-state index contributed by atoms with van der Waals surface area (Å²) in [7, 11) is 0. The lowest BCUT2D eigenvalue weighted by molar-refractivity contribution is 1.13. The fourth-order valence-corrected chi connectivity index (χ4v) is 9.33. The van der Waals surface area contributed by atoms with Gasteiger partial charge < -0.3 is 4.57 Å². The van der Waals surface area contributed by atoms with Crippen LogP contribution in [0.1, 0.15) is 11.1 Å². The molecule has 0 aliphatic rings. The zero-order valence-corrected chi connectivity index (χ0v) is 38.1. The number of benzene rings is 9. The van der Waals surface area contributed by atoms with Crippen molar-refractivity contribution < 1.29 is 0 Å². The van der Waals surface area contributed by atoms with E-state index in [2.05, 4.69) is 120 Å². The van der Waals surface area contributed by atoms with Gasteiger partial charge in [-0.2, -0.15) is 10.5 Å². The lowest BCUT2D eigenvalue weighted by Gasteiger charge is -2.17. The summed E-state index contributed by atoms with van der Waals surface area (Å²) in [6, 6.07) is 84.5. The van der Waals surface area contributed by atoms with Crippen molar-refractivity contribution in [2.24, 2.45) is 0 Å². The molecule has 0 fully saturated rings. The number of aromatic nitrogens is 5. The van der Waals surface area contributed by atoms with Crippen LogP contribution >= 0.6 is 0 Å². The molecule has 0 N–H and O–H groups in total. The Morgan fingerprint density at radius 2 is 0.662 bits per heavy atom. The molecule has 71 heavy (non-hydrogen) atoms. The van der Waals surface area contributed by atoms with Gasteiger partial charge in [0.25, 0.3) is 0 Å². The molecule has 3 heterocycles. The van der Waals surface area contributed by atoms with E-state index in [0.717, 1.165) is 106 Å². The van der Waals surface area contributed by atoms with E-state index in [0.29, 0.717) is 22.8 Å². The first-order valence-corrected chi connectivity index (χ1v) is 23.3. The number of nitrogens with zero attached hydrogens (tertiary/aromatic N) is 7. The van der Waals surface area contributed by atoms with E-state index in [-0.39, 0.29) is 0 Å². The second kappa shape index (κ2) is 18.2. The fourth-order valence-electron chi connectivity index (χ4n) is 9.33. The molecular weight excluding hydrogens is 867 g/mol. The van der Waals surface area contributed by atoms with Crippen molar-refractivity contribution in [3.05, 3.63) is 248 Å². The van der Waals surface area contributed by atoms with Crippen LogP contribution in [-0.4, -0.2) is 24.5 Å². The third-order valence-electron chi connectivity index (χ3n) is 12.9. The number of fused-ring (bicyclic) bond motifs is 3. The van der Waals surface area contributed by atoms with E-state index in [1.54, 1.807) is 0 Å². The molecule has 7 heteroatoms. The Bertz CT molecular complexity index is 3790. The summed E-state index contributed by atoms with van der Waals surface area (Å²) in [5.41, 5.74) is 16.7. The van der Waals surface area contributed by atoms with Crippen LogP contribution in [0.3, 0.4) is 0 Å². The van der Waals surface area contributed by atoms with Gasteiger partial charge in [0.2, 0.25) is 0 Å². The molecular formula is C64H39N7. The Morgan fingerprint density at radius 3 is 1.08 bits per heavy atom. The fraction of sp³-hybridized carbons (Fsp3) is 0. The van der Waals surface area contributed by atoms with Crippen LogP contribution < -0.4 is 0 Å². The minimum atomic E-state index is 0.546. The highest BCUT2D eigenvalue weighted by atomic mass is 15.0. The molecule has 330 valence electrons. The summed E-state index contributed by atoms with van der Waals surface area (Å²) in [6.45, 7) is 0. The van der Waals surface area contributed by atoms with Crippen LogP contribution in [0.5, 0.6) is 0 Å². The topological polar surface area (TPSA) is 104 Å². The van der Waals surface area contributed by atoms with E-state index < -0.39 is 0 Å². The molecule has 3 aromatic heterocycles. The van der Waals surface area contributed by atoms with Crippen LogP contribution in [0.4, 0.5) is 0 Å². The van der Waals surface area contributed by atoms with Crippen LogP contribution in [-0.2, 0) is 0 Å². The van der Waals surface area contributed by atoms with Crippen molar-refractivity contribution in [3.8, 4) is 108 Å². The molecule has 0 bridgehead atoms. The summed E-state index contributed by atoms with van der Waals surface area (Å²) in [4.78, 5) is 21.3. The van der Waals surface area contributed by atoms with E-state index in [1.165, 1.54) is 0 Å². The highest BCUT2D eigenvalue weighted by Gasteiger charge is 2.22. The molecule has 12 aromatic rings. The van der Waals surface area contributed by atoms with Crippen molar-refractivity contribution in [1.82, 2.24) is 24.5 Å². The van der Waals surface area contributed by atoms with Gasteiger partial charge in [0.05, 0.1) is 62.8 Å². The Hall–Kier alpha value is -10.1. The first-order valence-electron chi connectivity index (χ1n) is 23.3. The van der Waals surface area contributed by atoms with Crippen molar-refractivity contribution in [2.75, 3.05) is 0 Å². The van der Waals surface area contributed by atoms with Crippen LogP contribution in [0.2, 0.25) is 0 Å². The molecule has 9 aromatic carbocycles. The SMILES string of the molecule is N#Cc1ccc(-c2ccc3c4ccc(-c5ccc(C#N)cc5)cc4n(-c4ccc(-c5cc(-c6ccccc6)nc(-c6ccccc6)n5)cc4-c4nc(-c5ccccc5)cc(-c5ccccc5)n4)c3c2)cc1. The molecule has 0 amide bonds. The summed E-state index contributed by atoms with van der Waals surface area (Å²) < 4.78 is 2.33. The minimum Gasteiger partial charge on any atom is -0.308 e. The molecule has 0 aliphatic heterocycles. The highest BCUT2D eigenvalue weighted by molar-refractivity contribution is 6.11. The summed E-state index contributed by atoms with van der Waals surface area (Å²) in [6.07, 6.45) is 0. The average Bonchev–Trinajstić information content (AvgIpc) is 3.78. The normalized spacial score (nSPS) is 11.1. The molecule has 0 aliphatic carbocycles. The third-order valence-corrected chi connectivity index (χ3v) is 12.9. The van der Waals surface area contributed by atoms with Gasteiger partial charge >= 0.3 is 0 Å². The van der Waals surface area contributed by atoms with Gasteiger partial charge in [0.1, 0.15) is 0 Å². The van der Waals surface area contributed by atoms with Gasteiger partial charge in [-0.15, -0.1) is 0 Å². The van der Waals surface area contributed by atoms with Crippen LogP contribution in [0, 0.1) is 22.7 Å². The number of nitriles is 2. The Kier molecular flexibility index (Phi) is 10.8. The van der Waals surface area contributed by atoms with E-state index in [4.69, 9.17) is 19.9 Å². The lowest BCUT2D eigenvalue weighted by atomic mass is 10.0. The number of hydrogen-bond donors (Lipinski definition) is 0. The zero-order valence-electron chi connectivity index (χ0n) is 38.1. The van der Waals surface area contributed by atoms with Crippen molar-refractivity contribution >= 4 is 21.8 Å².